The minimum atomic E-state index is -0.497. The number of hydrogen-bond donors (Lipinski definition) is 2. The van der Waals surface area contributed by atoms with Gasteiger partial charge < -0.3 is 19.9 Å². The lowest BCUT2D eigenvalue weighted by Gasteiger charge is -2.19. The number of aryl methyl sites for hydroxylation is 1. The molecule has 0 radical (unpaired) electrons. The Morgan fingerprint density at radius 2 is 1.87 bits per heavy atom. The van der Waals surface area contributed by atoms with Gasteiger partial charge in [0.15, 0.2) is 11.0 Å². The number of benzene rings is 1. The van der Waals surface area contributed by atoms with Gasteiger partial charge in [-0.25, -0.2) is 4.79 Å². The van der Waals surface area contributed by atoms with Crippen LogP contribution in [-0.4, -0.2) is 44.4 Å². The summed E-state index contributed by atoms with van der Waals surface area (Å²) in [7, 11) is 1.80. The summed E-state index contributed by atoms with van der Waals surface area (Å²) in [6, 6.07) is 7.59. The summed E-state index contributed by atoms with van der Waals surface area (Å²) in [6.07, 6.45) is 2.74. The quantitative estimate of drug-likeness (QED) is 0.279. The minimum absolute atomic E-state index is 0.0166. The van der Waals surface area contributed by atoms with E-state index in [-0.39, 0.29) is 30.4 Å². The Balaban J connectivity index is 1.36. The fourth-order valence-electron chi connectivity index (χ4n) is 4.32. The molecule has 2 heterocycles. The van der Waals surface area contributed by atoms with E-state index in [1.807, 2.05) is 24.3 Å². The highest BCUT2D eigenvalue weighted by Gasteiger charge is 2.29. The third kappa shape index (κ3) is 6.52. The Morgan fingerprint density at radius 1 is 1.15 bits per heavy atom. The molecule has 2 aromatic heterocycles. The van der Waals surface area contributed by atoms with Crippen LogP contribution in [0.3, 0.4) is 0 Å². The van der Waals surface area contributed by atoms with Gasteiger partial charge in [-0.1, -0.05) is 44.7 Å². The van der Waals surface area contributed by atoms with E-state index in [9.17, 15) is 14.4 Å². The van der Waals surface area contributed by atoms with Gasteiger partial charge in [-0.05, 0) is 61.8 Å². The topological polar surface area (TPSA) is 115 Å². The van der Waals surface area contributed by atoms with Crippen molar-refractivity contribution in [2.45, 2.75) is 76.2 Å². The fourth-order valence-corrected chi connectivity index (χ4v) is 6.44. The summed E-state index contributed by atoms with van der Waals surface area (Å²) in [6.45, 7) is 10.4. The first-order chi connectivity index (χ1) is 18.5. The van der Waals surface area contributed by atoms with Crippen molar-refractivity contribution in [2.24, 2.45) is 7.05 Å². The monoisotopic (exact) mass is 569 g/mol. The number of fused-ring (bicyclic) bond motifs is 1. The van der Waals surface area contributed by atoms with Crippen LogP contribution >= 0.6 is 23.1 Å². The lowest BCUT2D eigenvalue weighted by molar-refractivity contribution is -0.115. The van der Waals surface area contributed by atoms with Crippen molar-refractivity contribution in [1.82, 2.24) is 20.1 Å². The maximum atomic E-state index is 13.1. The Kier molecular flexibility index (Phi) is 8.80. The Morgan fingerprint density at radius 3 is 2.54 bits per heavy atom. The van der Waals surface area contributed by atoms with Crippen LogP contribution in [0.5, 0.6) is 0 Å². The largest absolute Gasteiger partial charge is 0.462 e. The molecule has 0 fully saturated rings. The summed E-state index contributed by atoms with van der Waals surface area (Å²) in [5.41, 5.74) is 3.24. The number of anilines is 1. The lowest BCUT2D eigenvalue weighted by Crippen LogP contribution is -2.25. The molecule has 2 N–H and O–H groups in total. The Bertz CT molecular complexity index is 1370. The fraction of sp³-hybridized carbons (Fsp3) is 0.464. The van der Waals surface area contributed by atoms with Gasteiger partial charge in [0.05, 0.1) is 24.0 Å². The number of hydrogen-bond acceptors (Lipinski definition) is 8. The number of thioether (sulfide) groups is 1. The number of esters is 1. The zero-order valence-corrected chi connectivity index (χ0v) is 24.8. The van der Waals surface area contributed by atoms with Crippen molar-refractivity contribution in [3.05, 3.63) is 57.2 Å². The molecule has 1 atom stereocenters. The first-order valence-corrected chi connectivity index (χ1v) is 14.7. The van der Waals surface area contributed by atoms with Gasteiger partial charge in [-0.3, -0.25) is 9.59 Å². The third-order valence-corrected chi connectivity index (χ3v) is 8.98. The molecule has 39 heavy (non-hydrogen) atoms. The van der Waals surface area contributed by atoms with Gasteiger partial charge in [0.2, 0.25) is 5.91 Å². The molecule has 3 aromatic rings. The smallest absolute Gasteiger partial charge is 0.341 e. The highest BCUT2D eigenvalue weighted by Crippen LogP contribution is 2.40. The second-order valence-electron chi connectivity index (χ2n) is 10.5. The molecule has 0 aliphatic heterocycles. The molecule has 1 aromatic carbocycles. The Labute approximate surface area is 237 Å². The summed E-state index contributed by atoms with van der Waals surface area (Å²) < 4.78 is 7.02. The molecule has 208 valence electrons. The van der Waals surface area contributed by atoms with Crippen molar-refractivity contribution in [2.75, 3.05) is 11.9 Å². The highest BCUT2D eigenvalue weighted by atomic mass is 32.2. The predicted molar refractivity (Wildman–Crippen MR) is 154 cm³/mol. The van der Waals surface area contributed by atoms with Crippen molar-refractivity contribution in [3.63, 3.8) is 0 Å². The molecule has 0 saturated heterocycles. The van der Waals surface area contributed by atoms with Crippen LogP contribution in [0.4, 0.5) is 5.00 Å². The van der Waals surface area contributed by atoms with Crippen molar-refractivity contribution in [3.8, 4) is 0 Å². The van der Waals surface area contributed by atoms with Crippen LogP contribution in [0.25, 0.3) is 0 Å². The number of nitrogens with one attached hydrogen (secondary N) is 2. The van der Waals surface area contributed by atoms with E-state index in [1.54, 1.807) is 25.5 Å². The number of thiophene rings is 1. The first-order valence-electron chi connectivity index (χ1n) is 13.1. The number of amides is 2. The summed E-state index contributed by atoms with van der Waals surface area (Å²) in [4.78, 5) is 39.5. The molecule has 11 heteroatoms. The number of carbonyl (C=O) groups is 3. The maximum Gasteiger partial charge on any atom is 0.341 e. The molecule has 1 aliphatic rings. The van der Waals surface area contributed by atoms with Crippen molar-refractivity contribution >= 4 is 45.9 Å². The zero-order valence-electron chi connectivity index (χ0n) is 23.2. The summed E-state index contributed by atoms with van der Waals surface area (Å²) in [5.74, 6) is -0.246. The van der Waals surface area contributed by atoms with Crippen LogP contribution in [0.15, 0.2) is 29.4 Å². The van der Waals surface area contributed by atoms with E-state index in [0.717, 1.165) is 35.3 Å². The number of ether oxygens (including phenoxy) is 1. The van der Waals surface area contributed by atoms with E-state index in [2.05, 4.69) is 41.6 Å². The molecule has 0 spiro atoms. The standard InChI is InChI=1S/C28H35N5O4S2/c1-7-37-26(36)22-19-9-8-10-20(19)39-25(22)30-23(34)16(2)38-27-32-31-21(33(27)6)15-29-24(35)17-11-13-18(14-12-17)28(3,4)5/h11-14,16H,7-10,15H2,1-6H3,(H,29,35)(H,30,34). The van der Waals surface area contributed by atoms with Gasteiger partial charge >= 0.3 is 5.97 Å². The van der Waals surface area contributed by atoms with Crippen LogP contribution in [0.2, 0.25) is 0 Å². The predicted octanol–water partition coefficient (Wildman–Crippen LogP) is 4.89. The Hall–Kier alpha value is -3.18. The average molecular weight is 570 g/mol. The lowest BCUT2D eigenvalue weighted by atomic mass is 9.87. The summed E-state index contributed by atoms with van der Waals surface area (Å²) >= 11 is 2.72. The molecule has 4 rings (SSSR count). The van der Waals surface area contributed by atoms with Gasteiger partial charge in [-0.15, -0.1) is 21.5 Å². The number of carbonyl (C=O) groups excluding carboxylic acids is 3. The van der Waals surface area contributed by atoms with E-state index in [4.69, 9.17) is 4.74 Å². The van der Waals surface area contributed by atoms with E-state index in [1.165, 1.54) is 23.1 Å². The molecule has 1 aliphatic carbocycles. The molecule has 1 unspecified atom stereocenters. The maximum absolute atomic E-state index is 13.1. The SMILES string of the molecule is CCOC(=O)c1c(NC(=O)C(C)Sc2nnc(CNC(=O)c3ccc(C(C)(C)C)cc3)n2C)sc2c1CCC2. The normalized spacial score (nSPS) is 13.6. The first kappa shape index (κ1) is 28.8. The molecule has 0 saturated carbocycles. The molecule has 2 amide bonds. The highest BCUT2D eigenvalue weighted by molar-refractivity contribution is 8.00. The van der Waals surface area contributed by atoms with E-state index >= 15 is 0 Å². The molecular weight excluding hydrogens is 534 g/mol. The second kappa shape index (κ2) is 11.9. The number of aromatic nitrogens is 3. The van der Waals surface area contributed by atoms with Crippen LogP contribution < -0.4 is 10.6 Å². The second-order valence-corrected chi connectivity index (χ2v) is 12.9. The number of rotatable bonds is 9. The van der Waals surface area contributed by atoms with Crippen molar-refractivity contribution < 1.29 is 19.1 Å². The third-order valence-electron chi connectivity index (χ3n) is 6.63. The van der Waals surface area contributed by atoms with E-state index in [0.29, 0.717) is 27.1 Å². The summed E-state index contributed by atoms with van der Waals surface area (Å²) in [5, 5.41) is 14.9. The zero-order chi connectivity index (χ0) is 28.3. The van der Waals surface area contributed by atoms with Gasteiger partial charge in [-0.2, -0.15) is 0 Å². The molecule has 0 bridgehead atoms. The molecular formula is C28H35N5O4S2. The van der Waals surface area contributed by atoms with Crippen molar-refractivity contribution in [1.29, 1.82) is 0 Å². The van der Waals surface area contributed by atoms with Crippen LogP contribution in [0, 0.1) is 0 Å². The van der Waals surface area contributed by atoms with Gasteiger partial charge in [0.25, 0.3) is 5.91 Å². The van der Waals surface area contributed by atoms with Crippen LogP contribution in [-0.2, 0) is 41.4 Å². The minimum Gasteiger partial charge on any atom is -0.462 e. The average Bonchev–Trinajstić information content (AvgIpc) is 3.57. The van der Waals surface area contributed by atoms with E-state index < -0.39 is 11.2 Å². The van der Waals surface area contributed by atoms with Gasteiger partial charge in [0.1, 0.15) is 5.00 Å². The van der Waals surface area contributed by atoms with Gasteiger partial charge in [0, 0.05) is 17.5 Å². The van der Waals surface area contributed by atoms with Crippen LogP contribution in [0.1, 0.15) is 83.6 Å². The molecule has 9 nitrogen and oxygen atoms in total. The number of nitrogens with zero attached hydrogens (tertiary/aromatic N) is 3.